The minimum atomic E-state index is 0.369. The van der Waals surface area contributed by atoms with E-state index in [1.807, 2.05) is 6.92 Å². The number of nitrogens with zero attached hydrogens (tertiary/aromatic N) is 2. The quantitative estimate of drug-likeness (QED) is 0.693. The van der Waals surface area contributed by atoms with Crippen LogP contribution in [0, 0.1) is 0 Å². The maximum absolute atomic E-state index is 5.70. The molecular formula is C9H14N4O. The van der Waals surface area contributed by atoms with Crippen LogP contribution in [0.4, 0.5) is 11.5 Å². The Morgan fingerprint density at radius 3 is 2.86 bits per heavy atom. The molecule has 14 heavy (non-hydrogen) atoms. The van der Waals surface area contributed by atoms with E-state index in [9.17, 15) is 0 Å². The number of ether oxygens (including phenoxy) is 1. The Hall–Kier alpha value is -1.78. The number of nitrogen functional groups attached to an aromatic ring is 2. The SMILES string of the molecule is CCOc1nc(N)c(C=NC)cc1N. The van der Waals surface area contributed by atoms with Gasteiger partial charge in [-0.15, -0.1) is 0 Å². The number of aliphatic imine (C=N–C) groups is 1. The Morgan fingerprint density at radius 2 is 2.29 bits per heavy atom. The van der Waals surface area contributed by atoms with E-state index in [0.717, 1.165) is 0 Å². The summed E-state index contributed by atoms with van der Waals surface area (Å²) in [5, 5.41) is 0. The molecule has 0 radical (unpaired) electrons. The molecule has 0 atom stereocenters. The molecule has 4 N–H and O–H groups in total. The molecule has 5 heteroatoms. The first-order chi connectivity index (χ1) is 6.69. The van der Waals surface area contributed by atoms with Gasteiger partial charge in [0.1, 0.15) is 5.82 Å². The van der Waals surface area contributed by atoms with Gasteiger partial charge >= 0.3 is 0 Å². The fraction of sp³-hybridized carbons (Fsp3) is 0.333. The lowest BCUT2D eigenvalue weighted by atomic mass is 10.2. The predicted molar refractivity (Wildman–Crippen MR) is 57.7 cm³/mol. The molecule has 0 amide bonds. The molecule has 5 nitrogen and oxygen atoms in total. The van der Waals surface area contributed by atoms with Crippen LogP contribution in [0.15, 0.2) is 11.1 Å². The highest BCUT2D eigenvalue weighted by Gasteiger charge is 2.06. The number of anilines is 2. The van der Waals surface area contributed by atoms with Gasteiger partial charge in [0, 0.05) is 18.8 Å². The van der Waals surface area contributed by atoms with Crippen molar-refractivity contribution in [3.8, 4) is 5.88 Å². The summed E-state index contributed by atoms with van der Waals surface area (Å²) in [6, 6.07) is 1.69. The monoisotopic (exact) mass is 194 g/mol. The summed E-state index contributed by atoms with van der Waals surface area (Å²) in [5.41, 5.74) is 12.5. The van der Waals surface area contributed by atoms with Crippen LogP contribution in [-0.4, -0.2) is 24.9 Å². The first kappa shape index (κ1) is 10.3. The number of nitrogens with two attached hydrogens (primary N) is 2. The summed E-state index contributed by atoms with van der Waals surface area (Å²) in [5.74, 6) is 0.742. The van der Waals surface area contributed by atoms with Crippen molar-refractivity contribution in [1.82, 2.24) is 4.98 Å². The number of rotatable bonds is 3. The molecule has 0 unspecified atom stereocenters. The smallest absolute Gasteiger partial charge is 0.239 e. The fourth-order valence-electron chi connectivity index (χ4n) is 1.04. The third-order valence-corrected chi connectivity index (χ3v) is 1.62. The molecule has 0 aromatic carbocycles. The molecule has 1 aromatic heterocycles. The van der Waals surface area contributed by atoms with Crippen LogP contribution in [0.2, 0.25) is 0 Å². The molecule has 0 fully saturated rings. The van der Waals surface area contributed by atoms with Crippen LogP contribution >= 0.6 is 0 Å². The molecule has 0 aliphatic rings. The highest BCUT2D eigenvalue weighted by Crippen LogP contribution is 2.22. The van der Waals surface area contributed by atoms with Crippen molar-refractivity contribution < 1.29 is 4.74 Å². The van der Waals surface area contributed by atoms with Crippen LogP contribution in [0.5, 0.6) is 5.88 Å². The average molecular weight is 194 g/mol. The van der Waals surface area contributed by atoms with Crippen molar-refractivity contribution >= 4 is 17.7 Å². The van der Waals surface area contributed by atoms with E-state index in [2.05, 4.69) is 9.98 Å². The lowest BCUT2D eigenvalue weighted by Gasteiger charge is -2.07. The normalized spacial score (nSPS) is 10.7. The molecule has 0 saturated carbocycles. The van der Waals surface area contributed by atoms with Gasteiger partial charge < -0.3 is 16.2 Å². The van der Waals surface area contributed by atoms with E-state index in [-0.39, 0.29) is 0 Å². The van der Waals surface area contributed by atoms with Gasteiger partial charge in [-0.3, -0.25) is 4.99 Å². The highest BCUT2D eigenvalue weighted by atomic mass is 16.5. The van der Waals surface area contributed by atoms with Crippen molar-refractivity contribution in [2.45, 2.75) is 6.92 Å². The summed E-state index contributed by atoms with van der Waals surface area (Å²) >= 11 is 0. The zero-order chi connectivity index (χ0) is 10.6. The summed E-state index contributed by atoms with van der Waals surface area (Å²) in [4.78, 5) is 7.86. The van der Waals surface area contributed by atoms with E-state index in [0.29, 0.717) is 29.6 Å². The summed E-state index contributed by atoms with van der Waals surface area (Å²) < 4.78 is 5.19. The Bertz CT molecular complexity index is 349. The summed E-state index contributed by atoms with van der Waals surface area (Å²) in [7, 11) is 1.66. The lowest BCUT2D eigenvalue weighted by molar-refractivity contribution is 0.329. The Labute approximate surface area is 82.8 Å². The lowest BCUT2D eigenvalue weighted by Crippen LogP contribution is -2.05. The molecule has 0 saturated heterocycles. The predicted octanol–water partition coefficient (Wildman–Crippen LogP) is 0.693. The zero-order valence-corrected chi connectivity index (χ0v) is 8.32. The number of hydrogen-bond acceptors (Lipinski definition) is 5. The molecule has 1 heterocycles. The van der Waals surface area contributed by atoms with Crippen molar-refractivity contribution in [3.63, 3.8) is 0 Å². The largest absolute Gasteiger partial charge is 0.476 e. The van der Waals surface area contributed by atoms with E-state index in [4.69, 9.17) is 16.2 Å². The number of aromatic nitrogens is 1. The van der Waals surface area contributed by atoms with Gasteiger partial charge in [0.15, 0.2) is 0 Å². The van der Waals surface area contributed by atoms with Gasteiger partial charge in [-0.05, 0) is 13.0 Å². The molecule has 0 bridgehead atoms. The number of pyridine rings is 1. The van der Waals surface area contributed by atoms with Gasteiger partial charge in [-0.25, -0.2) is 0 Å². The second-order valence-corrected chi connectivity index (χ2v) is 2.68. The molecular weight excluding hydrogens is 180 g/mol. The molecule has 0 aliphatic carbocycles. The van der Waals surface area contributed by atoms with Gasteiger partial charge in [-0.2, -0.15) is 4.98 Å². The zero-order valence-electron chi connectivity index (χ0n) is 8.32. The van der Waals surface area contributed by atoms with E-state index >= 15 is 0 Å². The Balaban J connectivity index is 3.10. The van der Waals surface area contributed by atoms with E-state index in [1.54, 1.807) is 19.3 Å². The fourth-order valence-corrected chi connectivity index (χ4v) is 1.04. The van der Waals surface area contributed by atoms with E-state index < -0.39 is 0 Å². The summed E-state index contributed by atoms with van der Waals surface area (Å²) in [6.07, 6.45) is 1.61. The van der Waals surface area contributed by atoms with Gasteiger partial charge in [0.2, 0.25) is 5.88 Å². The Morgan fingerprint density at radius 1 is 1.57 bits per heavy atom. The summed E-state index contributed by atoms with van der Waals surface area (Å²) in [6.45, 7) is 2.37. The standard InChI is InChI=1S/C9H14N4O/c1-3-14-9-7(10)4-6(5-12-2)8(11)13-9/h4-5H,3,10H2,1-2H3,(H2,11,13). The van der Waals surface area contributed by atoms with Crippen molar-refractivity contribution in [1.29, 1.82) is 0 Å². The van der Waals surface area contributed by atoms with Crippen molar-refractivity contribution in [2.24, 2.45) is 4.99 Å². The van der Waals surface area contributed by atoms with Crippen molar-refractivity contribution in [2.75, 3.05) is 25.1 Å². The van der Waals surface area contributed by atoms with Gasteiger partial charge in [-0.1, -0.05) is 0 Å². The molecule has 1 aromatic rings. The van der Waals surface area contributed by atoms with Crippen LogP contribution in [0.1, 0.15) is 12.5 Å². The first-order valence-corrected chi connectivity index (χ1v) is 4.30. The maximum Gasteiger partial charge on any atom is 0.239 e. The van der Waals surface area contributed by atoms with Gasteiger partial charge in [0.05, 0.1) is 12.3 Å². The Kier molecular flexibility index (Phi) is 3.28. The molecule has 0 aliphatic heterocycles. The first-order valence-electron chi connectivity index (χ1n) is 4.30. The molecule has 0 spiro atoms. The van der Waals surface area contributed by atoms with E-state index in [1.165, 1.54) is 0 Å². The van der Waals surface area contributed by atoms with Crippen LogP contribution in [0.3, 0.4) is 0 Å². The second kappa shape index (κ2) is 4.45. The van der Waals surface area contributed by atoms with Crippen molar-refractivity contribution in [3.05, 3.63) is 11.6 Å². The third-order valence-electron chi connectivity index (χ3n) is 1.62. The average Bonchev–Trinajstić information content (AvgIpc) is 2.14. The molecule has 1 rings (SSSR count). The second-order valence-electron chi connectivity index (χ2n) is 2.68. The highest BCUT2D eigenvalue weighted by molar-refractivity contribution is 5.87. The van der Waals surface area contributed by atoms with Gasteiger partial charge in [0.25, 0.3) is 0 Å². The minimum absolute atomic E-state index is 0.369. The number of hydrogen-bond donors (Lipinski definition) is 2. The topological polar surface area (TPSA) is 86.5 Å². The van der Waals surface area contributed by atoms with Crippen LogP contribution in [0.25, 0.3) is 0 Å². The van der Waals surface area contributed by atoms with Crippen LogP contribution < -0.4 is 16.2 Å². The minimum Gasteiger partial charge on any atom is -0.476 e. The third kappa shape index (κ3) is 2.12. The maximum atomic E-state index is 5.70. The van der Waals surface area contributed by atoms with Crippen LogP contribution in [-0.2, 0) is 0 Å². The molecule has 76 valence electrons.